The lowest BCUT2D eigenvalue weighted by Gasteiger charge is -2.23. The zero-order chi connectivity index (χ0) is 28.7. The van der Waals surface area contributed by atoms with Crippen LogP contribution < -0.4 is 14.5 Å². The number of hydrazone groups is 1. The van der Waals surface area contributed by atoms with Gasteiger partial charge in [0.25, 0.3) is 15.9 Å². The van der Waals surface area contributed by atoms with Crippen LogP contribution >= 0.6 is 15.9 Å². The van der Waals surface area contributed by atoms with Gasteiger partial charge in [-0.05, 0) is 82.6 Å². The number of carbonyl (C=O) groups is 1. The molecule has 0 unspecified atom stereocenters. The fourth-order valence-electron chi connectivity index (χ4n) is 4.22. The molecule has 0 spiro atoms. The molecule has 0 radical (unpaired) electrons. The van der Waals surface area contributed by atoms with Gasteiger partial charge in [0.05, 0.1) is 16.8 Å². The normalized spacial score (nSPS) is 11.4. The summed E-state index contributed by atoms with van der Waals surface area (Å²) in [4.78, 5) is 12.9. The van der Waals surface area contributed by atoms with E-state index in [1.807, 2.05) is 42.5 Å². The summed E-state index contributed by atoms with van der Waals surface area (Å²) in [5.41, 5.74) is 4.63. The SMILES string of the molecule is O=C(CN(c1ccc(Br)cc1)S(=O)(=O)c1ccccc1)N/N=C\c1ccc(OCc2cccc3ccccc23)cc1. The number of hydrogen-bond donors (Lipinski definition) is 1. The zero-order valence-electron chi connectivity index (χ0n) is 21.9. The Labute approximate surface area is 247 Å². The largest absolute Gasteiger partial charge is 0.489 e. The van der Waals surface area contributed by atoms with Gasteiger partial charge in [-0.25, -0.2) is 13.8 Å². The average molecular weight is 629 g/mol. The molecular weight excluding hydrogens is 602 g/mol. The summed E-state index contributed by atoms with van der Waals surface area (Å²) in [6, 6.07) is 36.3. The van der Waals surface area contributed by atoms with Crippen molar-refractivity contribution in [3.8, 4) is 5.75 Å². The molecule has 9 heteroatoms. The Morgan fingerprint density at radius 2 is 1.51 bits per heavy atom. The molecule has 1 amide bonds. The maximum absolute atomic E-state index is 13.4. The van der Waals surface area contributed by atoms with Crippen molar-refractivity contribution in [1.29, 1.82) is 0 Å². The van der Waals surface area contributed by atoms with Crippen molar-refractivity contribution in [2.45, 2.75) is 11.5 Å². The van der Waals surface area contributed by atoms with E-state index in [9.17, 15) is 13.2 Å². The minimum atomic E-state index is -3.99. The molecule has 1 N–H and O–H groups in total. The van der Waals surface area contributed by atoms with Gasteiger partial charge in [0.1, 0.15) is 18.9 Å². The first kappa shape index (κ1) is 28.1. The molecule has 0 heterocycles. The molecule has 5 aromatic carbocycles. The van der Waals surface area contributed by atoms with Crippen LogP contribution in [0.1, 0.15) is 11.1 Å². The fourth-order valence-corrected chi connectivity index (χ4v) is 5.92. The molecule has 0 aromatic heterocycles. The van der Waals surface area contributed by atoms with Crippen molar-refractivity contribution in [3.05, 3.63) is 137 Å². The van der Waals surface area contributed by atoms with E-state index in [4.69, 9.17) is 4.74 Å². The number of hydrogen-bond acceptors (Lipinski definition) is 5. The van der Waals surface area contributed by atoms with E-state index in [1.165, 1.54) is 23.7 Å². The predicted octanol–water partition coefficient (Wildman–Crippen LogP) is 6.53. The standard InChI is InChI=1S/C32H26BrN3O4S/c33-27-15-17-28(18-16-27)36(41(38,39)30-10-2-1-3-11-30)22-32(37)35-34-21-24-13-19-29(20-14-24)40-23-26-9-6-8-25-7-4-5-12-31(25)26/h1-21H,22-23H2,(H,35,37)/b34-21-. The maximum Gasteiger partial charge on any atom is 0.264 e. The molecule has 0 bridgehead atoms. The summed E-state index contributed by atoms with van der Waals surface area (Å²) in [7, 11) is -3.99. The Kier molecular flexibility index (Phi) is 8.76. The molecule has 7 nitrogen and oxygen atoms in total. The molecule has 5 rings (SSSR count). The number of nitrogens with zero attached hydrogens (tertiary/aromatic N) is 2. The van der Waals surface area contributed by atoms with Gasteiger partial charge < -0.3 is 4.74 Å². The topological polar surface area (TPSA) is 88.1 Å². The van der Waals surface area contributed by atoms with Crippen molar-refractivity contribution in [1.82, 2.24) is 5.43 Å². The highest BCUT2D eigenvalue weighted by atomic mass is 79.9. The highest BCUT2D eigenvalue weighted by Gasteiger charge is 2.27. The number of rotatable bonds is 10. The van der Waals surface area contributed by atoms with E-state index in [0.717, 1.165) is 25.3 Å². The molecule has 206 valence electrons. The third-order valence-corrected chi connectivity index (χ3v) is 8.61. The first-order valence-electron chi connectivity index (χ1n) is 12.7. The highest BCUT2D eigenvalue weighted by Crippen LogP contribution is 2.25. The first-order chi connectivity index (χ1) is 19.9. The minimum absolute atomic E-state index is 0.0852. The monoisotopic (exact) mass is 627 g/mol. The number of carbonyl (C=O) groups excluding carboxylic acids is 1. The van der Waals surface area contributed by atoms with Gasteiger partial charge in [-0.3, -0.25) is 9.10 Å². The van der Waals surface area contributed by atoms with Crippen LogP contribution in [0.25, 0.3) is 10.8 Å². The number of halogens is 1. The van der Waals surface area contributed by atoms with E-state index in [2.05, 4.69) is 50.7 Å². The van der Waals surface area contributed by atoms with Crippen molar-refractivity contribution in [2.24, 2.45) is 5.10 Å². The molecule has 0 aliphatic rings. The molecule has 0 fully saturated rings. The second-order valence-corrected chi connectivity index (χ2v) is 11.9. The van der Waals surface area contributed by atoms with E-state index >= 15 is 0 Å². The molecular formula is C32H26BrN3O4S. The molecule has 0 aliphatic heterocycles. The van der Waals surface area contributed by atoms with Crippen LogP contribution in [0.3, 0.4) is 0 Å². The van der Waals surface area contributed by atoms with Crippen molar-refractivity contribution < 1.29 is 17.9 Å². The predicted molar refractivity (Wildman–Crippen MR) is 166 cm³/mol. The van der Waals surface area contributed by atoms with Gasteiger partial charge in [-0.1, -0.05) is 76.6 Å². The minimum Gasteiger partial charge on any atom is -0.489 e. The van der Waals surface area contributed by atoms with Crippen molar-refractivity contribution in [3.63, 3.8) is 0 Å². The highest BCUT2D eigenvalue weighted by molar-refractivity contribution is 9.10. The van der Waals surface area contributed by atoms with Crippen molar-refractivity contribution in [2.75, 3.05) is 10.8 Å². The van der Waals surface area contributed by atoms with Crippen LogP contribution in [0.4, 0.5) is 5.69 Å². The lowest BCUT2D eigenvalue weighted by molar-refractivity contribution is -0.119. The summed E-state index contributed by atoms with van der Waals surface area (Å²) < 4.78 is 34.6. The summed E-state index contributed by atoms with van der Waals surface area (Å²) in [5, 5.41) is 6.34. The van der Waals surface area contributed by atoms with Gasteiger partial charge >= 0.3 is 0 Å². The third-order valence-electron chi connectivity index (χ3n) is 6.29. The molecule has 0 aliphatic carbocycles. The number of ether oxygens (including phenoxy) is 1. The molecule has 5 aromatic rings. The number of fused-ring (bicyclic) bond motifs is 1. The molecule has 0 saturated carbocycles. The zero-order valence-corrected chi connectivity index (χ0v) is 24.3. The third kappa shape index (κ3) is 7.00. The van der Waals surface area contributed by atoms with Gasteiger partial charge in [0.15, 0.2) is 0 Å². The summed E-state index contributed by atoms with van der Waals surface area (Å²) in [6.07, 6.45) is 1.49. The van der Waals surface area contributed by atoms with E-state index in [0.29, 0.717) is 18.0 Å². The Bertz CT molecular complexity index is 1770. The molecule has 41 heavy (non-hydrogen) atoms. The lowest BCUT2D eigenvalue weighted by atomic mass is 10.1. The van der Waals surface area contributed by atoms with Crippen LogP contribution in [0, 0.1) is 0 Å². The van der Waals surface area contributed by atoms with Crippen molar-refractivity contribution >= 4 is 54.5 Å². The second kappa shape index (κ2) is 12.8. The van der Waals surface area contributed by atoms with Gasteiger partial charge in [0, 0.05) is 4.47 Å². The smallest absolute Gasteiger partial charge is 0.264 e. The number of amides is 1. The summed E-state index contributed by atoms with van der Waals surface area (Å²) in [6.45, 7) is -0.0112. The first-order valence-corrected chi connectivity index (χ1v) is 15.0. The second-order valence-electron chi connectivity index (χ2n) is 9.09. The van der Waals surface area contributed by atoms with Crippen LogP contribution in [0.2, 0.25) is 0 Å². The number of benzene rings is 5. The van der Waals surface area contributed by atoms with E-state index in [1.54, 1.807) is 42.5 Å². The Morgan fingerprint density at radius 3 is 2.27 bits per heavy atom. The number of anilines is 1. The number of sulfonamides is 1. The number of nitrogens with one attached hydrogen (secondary N) is 1. The van der Waals surface area contributed by atoms with Crippen LogP contribution in [-0.2, 0) is 21.4 Å². The van der Waals surface area contributed by atoms with E-state index in [-0.39, 0.29) is 4.90 Å². The summed E-state index contributed by atoms with van der Waals surface area (Å²) >= 11 is 3.36. The Hall–Kier alpha value is -4.47. The Balaban J connectivity index is 1.21. The van der Waals surface area contributed by atoms with Crippen LogP contribution in [-0.4, -0.2) is 27.1 Å². The van der Waals surface area contributed by atoms with E-state index < -0.39 is 22.5 Å². The quantitative estimate of drug-likeness (QED) is 0.141. The van der Waals surface area contributed by atoms with Crippen LogP contribution in [0.5, 0.6) is 5.75 Å². The lowest BCUT2D eigenvalue weighted by Crippen LogP contribution is -2.39. The Morgan fingerprint density at radius 1 is 0.829 bits per heavy atom. The maximum atomic E-state index is 13.4. The average Bonchev–Trinajstić information content (AvgIpc) is 3.00. The summed E-state index contributed by atoms with van der Waals surface area (Å²) in [5.74, 6) is 0.120. The molecule has 0 saturated heterocycles. The fraction of sp³-hybridized carbons (Fsp3) is 0.0625. The van der Waals surface area contributed by atoms with Gasteiger partial charge in [0.2, 0.25) is 0 Å². The van der Waals surface area contributed by atoms with Gasteiger partial charge in [-0.2, -0.15) is 5.10 Å². The van der Waals surface area contributed by atoms with Crippen LogP contribution in [0.15, 0.2) is 136 Å². The molecule has 0 atom stereocenters. The van der Waals surface area contributed by atoms with Gasteiger partial charge in [-0.15, -0.1) is 0 Å².